The van der Waals surface area contributed by atoms with Crippen LogP contribution in [-0.2, 0) is 4.79 Å². The number of phenolic OH excluding ortho intramolecular Hbond substituents is 2. The first kappa shape index (κ1) is 31.0. The van der Waals surface area contributed by atoms with Crippen molar-refractivity contribution in [3.8, 4) is 23.0 Å². The summed E-state index contributed by atoms with van der Waals surface area (Å²) in [4.78, 5) is 14.1. The molecule has 3 aliphatic carbocycles. The van der Waals surface area contributed by atoms with Crippen molar-refractivity contribution >= 4 is 11.9 Å². The number of aliphatic hydroxyl groups excluding tert-OH is 1. The summed E-state index contributed by atoms with van der Waals surface area (Å²) in [5, 5.41) is 31.0. The van der Waals surface area contributed by atoms with Gasteiger partial charge in [0.2, 0.25) is 0 Å². The molecule has 2 aromatic carbocycles. The molecule has 3 aliphatic rings. The Morgan fingerprint density at radius 1 is 1.05 bits per heavy atom. The molecule has 0 spiro atoms. The number of hydrogen-bond acceptors (Lipinski definition) is 6. The fourth-order valence-corrected chi connectivity index (χ4v) is 6.91. The average Bonchev–Trinajstić information content (AvgIpc) is 2.96. The molecule has 2 aromatic rings. The first-order chi connectivity index (χ1) is 20.0. The topological polar surface area (TPSA) is 96.2 Å². The lowest BCUT2D eigenvalue weighted by Crippen LogP contribution is -2.47. The molecule has 5 rings (SSSR count). The van der Waals surface area contributed by atoms with Crippen molar-refractivity contribution in [1.29, 1.82) is 0 Å². The molecule has 3 N–H and O–H groups in total. The summed E-state index contributed by atoms with van der Waals surface area (Å²) in [7, 11) is 3.00. The van der Waals surface area contributed by atoms with E-state index in [0.717, 1.165) is 24.8 Å². The van der Waals surface area contributed by atoms with Crippen LogP contribution in [0.25, 0.3) is 6.08 Å². The number of ketones is 1. The van der Waals surface area contributed by atoms with Crippen LogP contribution in [0.4, 0.5) is 0 Å². The number of aromatic hydroxyl groups is 2. The number of carbonyl (C=O) groups is 1. The van der Waals surface area contributed by atoms with Gasteiger partial charge in [0.1, 0.15) is 5.76 Å². The molecule has 0 heterocycles. The van der Waals surface area contributed by atoms with Crippen molar-refractivity contribution < 1.29 is 29.6 Å². The largest absolute Gasteiger partial charge is 0.508 e. The second-order valence-electron chi connectivity index (χ2n) is 12.0. The zero-order valence-corrected chi connectivity index (χ0v) is 25.5. The van der Waals surface area contributed by atoms with E-state index < -0.39 is 0 Å². The highest BCUT2D eigenvalue weighted by atomic mass is 16.5. The van der Waals surface area contributed by atoms with Gasteiger partial charge in [-0.3, -0.25) is 4.79 Å². The summed E-state index contributed by atoms with van der Waals surface area (Å²) in [6, 6.07) is 10.3. The van der Waals surface area contributed by atoms with Gasteiger partial charge in [0, 0.05) is 17.9 Å². The van der Waals surface area contributed by atoms with Crippen LogP contribution in [0, 0.1) is 29.6 Å². The highest BCUT2D eigenvalue weighted by molar-refractivity contribution is 5.94. The third-order valence-electron chi connectivity index (χ3n) is 9.06. The second-order valence-corrected chi connectivity index (χ2v) is 12.0. The third-order valence-corrected chi connectivity index (χ3v) is 9.06. The Labute approximate surface area is 249 Å². The Morgan fingerprint density at radius 2 is 1.71 bits per heavy atom. The Kier molecular flexibility index (Phi) is 9.87. The zero-order valence-electron chi connectivity index (χ0n) is 25.5. The first-order valence-electron chi connectivity index (χ1n) is 14.7. The van der Waals surface area contributed by atoms with Crippen molar-refractivity contribution in [2.24, 2.45) is 29.6 Å². The number of allylic oxidation sites excluding steroid dienone is 6. The average molecular weight is 573 g/mol. The number of phenols is 2. The normalized spacial score (nSPS) is 24.3. The van der Waals surface area contributed by atoms with Crippen molar-refractivity contribution in [2.45, 2.75) is 52.9 Å². The highest BCUT2D eigenvalue weighted by Gasteiger charge is 2.51. The maximum absolute atomic E-state index is 14.1. The number of hydrogen-bond donors (Lipinski definition) is 3. The molecule has 0 aromatic heterocycles. The smallest absolute Gasteiger partial charge is 0.163 e. The van der Waals surface area contributed by atoms with Gasteiger partial charge in [0.25, 0.3) is 0 Å². The number of benzene rings is 2. The molecule has 224 valence electrons. The van der Waals surface area contributed by atoms with Gasteiger partial charge in [0.15, 0.2) is 28.8 Å². The minimum Gasteiger partial charge on any atom is -0.508 e. The van der Waals surface area contributed by atoms with Crippen molar-refractivity contribution in [3.05, 3.63) is 88.7 Å². The SMILES string of the molecule is COc1cc(/C=C/C(O)=C/C(=O)[C@@H]2[C@H]3C=C(C)[C@H](C[C@@H]3[C@@H](C)CCC=C(C)C)[C@H]2c2ccc(O)c(OC)c2)ccc1O. The third kappa shape index (κ3) is 6.75. The first-order valence-corrected chi connectivity index (χ1v) is 14.7. The summed E-state index contributed by atoms with van der Waals surface area (Å²) >= 11 is 0. The minimum absolute atomic E-state index is 0.0295. The second kappa shape index (κ2) is 13.4. The van der Waals surface area contributed by atoms with E-state index in [4.69, 9.17) is 9.47 Å². The molecule has 0 unspecified atom stereocenters. The molecule has 0 amide bonds. The standard InChI is InChI=1S/C36H44O6/c1-21(2)8-7-9-22(3)27-20-28-23(4)16-29(27)36(35(28)25-12-15-31(39)34(18-25)42-6)32(40)19-26(37)13-10-24-11-14-30(38)33(17-24)41-5/h8,10-19,22,27-29,35-39H,7,9,20H2,1-6H3/b13-10+,26-19-/t22-,27+,28-,29-,35+,36-/m0/s1. The van der Waals surface area contributed by atoms with Gasteiger partial charge in [-0.15, -0.1) is 0 Å². The molecule has 0 radical (unpaired) electrons. The summed E-state index contributed by atoms with van der Waals surface area (Å²) in [6.45, 7) is 8.70. The molecule has 6 nitrogen and oxygen atoms in total. The van der Waals surface area contributed by atoms with Crippen LogP contribution in [0.2, 0.25) is 0 Å². The van der Waals surface area contributed by atoms with Crippen LogP contribution in [0.3, 0.4) is 0 Å². The quantitative estimate of drug-likeness (QED) is 0.109. The Morgan fingerprint density at radius 3 is 2.38 bits per heavy atom. The maximum atomic E-state index is 14.1. The predicted molar refractivity (Wildman–Crippen MR) is 167 cm³/mol. The zero-order chi connectivity index (χ0) is 30.6. The number of methoxy groups -OCH3 is 2. The van der Waals surface area contributed by atoms with Crippen LogP contribution in [0.1, 0.15) is 64.0 Å². The van der Waals surface area contributed by atoms with Crippen LogP contribution < -0.4 is 9.47 Å². The summed E-state index contributed by atoms with van der Waals surface area (Å²) < 4.78 is 10.6. The summed E-state index contributed by atoms with van der Waals surface area (Å²) in [5.74, 6) is 1.09. The van der Waals surface area contributed by atoms with E-state index in [1.165, 1.54) is 43.6 Å². The molecule has 6 atom stereocenters. The van der Waals surface area contributed by atoms with Crippen molar-refractivity contribution in [1.82, 2.24) is 0 Å². The van der Waals surface area contributed by atoms with E-state index >= 15 is 0 Å². The number of aliphatic hydroxyl groups is 1. The van der Waals surface area contributed by atoms with Crippen LogP contribution >= 0.6 is 0 Å². The molecule has 42 heavy (non-hydrogen) atoms. The van der Waals surface area contributed by atoms with Crippen LogP contribution in [-0.4, -0.2) is 35.3 Å². The van der Waals surface area contributed by atoms with Crippen LogP contribution in [0.15, 0.2) is 77.6 Å². The maximum Gasteiger partial charge on any atom is 0.163 e. The monoisotopic (exact) mass is 572 g/mol. The van der Waals surface area contributed by atoms with E-state index in [0.29, 0.717) is 28.9 Å². The van der Waals surface area contributed by atoms with Gasteiger partial charge in [0.05, 0.1) is 14.2 Å². The van der Waals surface area contributed by atoms with Gasteiger partial charge in [-0.1, -0.05) is 48.4 Å². The molecule has 6 heteroatoms. The van der Waals surface area contributed by atoms with E-state index in [2.05, 4.69) is 39.8 Å². The van der Waals surface area contributed by atoms with Crippen LogP contribution in [0.5, 0.6) is 23.0 Å². The van der Waals surface area contributed by atoms with Gasteiger partial charge in [-0.05, 0) is 105 Å². The van der Waals surface area contributed by atoms with E-state index in [1.54, 1.807) is 24.3 Å². The van der Waals surface area contributed by atoms with Crippen molar-refractivity contribution in [3.63, 3.8) is 0 Å². The summed E-state index contributed by atoms with van der Waals surface area (Å²) in [5.41, 5.74) is 4.28. The lowest BCUT2D eigenvalue weighted by Gasteiger charge is -2.52. The fraction of sp³-hybridized carbons (Fsp3) is 0.417. The molecular weight excluding hydrogens is 528 g/mol. The molecule has 2 bridgehead atoms. The van der Waals surface area contributed by atoms with Gasteiger partial charge in [-0.2, -0.15) is 0 Å². The number of ether oxygens (including phenoxy) is 2. The van der Waals surface area contributed by atoms with E-state index in [1.807, 2.05) is 12.1 Å². The highest BCUT2D eigenvalue weighted by Crippen LogP contribution is 2.58. The van der Waals surface area contributed by atoms with E-state index in [-0.39, 0.29) is 46.7 Å². The molecule has 1 saturated carbocycles. The van der Waals surface area contributed by atoms with E-state index in [9.17, 15) is 20.1 Å². The lowest BCUT2D eigenvalue weighted by atomic mass is 9.51. The Bertz CT molecular complexity index is 1410. The minimum atomic E-state index is -0.359. The van der Waals surface area contributed by atoms with Gasteiger partial charge >= 0.3 is 0 Å². The molecule has 1 fully saturated rings. The molecule has 0 saturated heterocycles. The van der Waals surface area contributed by atoms with Crippen molar-refractivity contribution in [2.75, 3.05) is 14.2 Å². The Hall–Kier alpha value is -3.93. The predicted octanol–water partition coefficient (Wildman–Crippen LogP) is 8.13. The number of carbonyl (C=O) groups excluding carboxylic acids is 1. The lowest BCUT2D eigenvalue weighted by molar-refractivity contribution is -0.123. The van der Waals surface area contributed by atoms with Gasteiger partial charge < -0.3 is 24.8 Å². The Balaban J connectivity index is 1.68. The molecule has 0 aliphatic heterocycles. The summed E-state index contributed by atoms with van der Waals surface area (Å²) in [6.07, 6.45) is 12.2. The molecular formula is C36H44O6. The fourth-order valence-electron chi connectivity index (χ4n) is 6.91. The number of rotatable bonds is 11. The van der Waals surface area contributed by atoms with Gasteiger partial charge in [-0.25, -0.2) is 0 Å². The number of fused-ring (bicyclic) bond motifs is 2.